The third kappa shape index (κ3) is 2.84. The molecule has 2 rings (SSSR count). The van der Waals surface area contributed by atoms with E-state index in [1.807, 2.05) is 0 Å². The first-order chi connectivity index (χ1) is 9.40. The van der Waals surface area contributed by atoms with Gasteiger partial charge in [-0.05, 0) is 46.7 Å². The minimum atomic E-state index is -0.295. The van der Waals surface area contributed by atoms with Crippen molar-refractivity contribution in [3.63, 3.8) is 0 Å². The second-order valence-corrected chi connectivity index (χ2v) is 5.89. The molecule has 0 aliphatic carbocycles. The minimum Gasteiger partial charge on any atom is -0.398 e. The lowest BCUT2D eigenvalue weighted by molar-refractivity contribution is 0.628. The highest BCUT2D eigenvalue weighted by Gasteiger charge is 2.13. The van der Waals surface area contributed by atoms with E-state index >= 15 is 0 Å². The van der Waals surface area contributed by atoms with E-state index in [4.69, 9.17) is 5.73 Å². The Bertz CT molecular complexity index is 615. The van der Waals surface area contributed by atoms with Gasteiger partial charge in [-0.1, -0.05) is 45.9 Å². The average Bonchev–Trinajstić information content (AvgIpc) is 2.38. The molecule has 2 aromatic carbocycles. The molecule has 0 saturated heterocycles. The molecule has 0 unspecified atom stereocenters. The van der Waals surface area contributed by atoms with E-state index in [1.54, 1.807) is 6.07 Å². The Morgan fingerprint density at radius 1 is 0.850 bits per heavy atom. The first kappa shape index (κ1) is 14.6. The highest BCUT2D eigenvalue weighted by molar-refractivity contribution is 5.79. The lowest BCUT2D eigenvalue weighted by atomic mass is 9.88. The van der Waals surface area contributed by atoms with Gasteiger partial charge in [-0.15, -0.1) is 0 Å². The van der Waals surface area contributed by atoms with Gasteiger partial charge in [0.05, 0.1) is 0 Å². The largest absolute Gasteiger partial charge is 0.398 e. The maximum Gasteiger partial charge on any atom is 0.125 e. The number of hydrogen-bond acceptors (Lipinski definition) is 1. The molecule has 0 fully saturated rings. The molecule has 0 amide bonds. The lowest BCUT2D eigenvalue weighted by Crippen LogP contribution is -1.99. The van der Waals surface area contributed by atoms with Crippen molar-refractivity contribution in [3.8, 4) is 11.1 Å². The van der Waals surface area contributed by atoms with Crippen LogP contribution in [0.3, 0.4) is 0 Å². The van der Waals surface area contributed by atoms with Crippen LogP contribution in [0.2, 0.25) is 0 Å². The van der Waals surface area contributed by atoms with Gasteiger partial charge in [0.25, 0.3) is 0 Å². The molecular weight excluding hydrogens is 249 g/mol. The lowest BCUT2D eigenvalue weighted by Gasteiger charge is -2.17. The maximum atomic E-state index is 13.2. The number of nitrogen functional groups attached to an aromatic ring is 1. The summed E-state index contributed by atoms with van der Waals surface area (Å²) in [4.78, 5) is 0. The van der Waals surface area contributed by atoms with Crippen LogP contribution in [0.4, 0.5) is 10.1 Å². The van der Waals surface area contributed by atoms with E-state index in [1.165, 1.54) is 23.3 Å². The zero-order valence-corrected chi connectivity index (χ0v) is 12.6. The summed E-state index contributed by atoms with van der Waals surface area (Å²) in [6.07, 6.45) is 0. The molecule has 1 nitrogen and oxygen atoms in total. The predicted molar refractivity (Wildman–Crippen MR) is 84.4 cm³/mol. The first-order valence-electron chi connectivity index (χ1n) is 7.09. The molecule has 0 spiro atoms. The number of halogens is 1. The zero-order valence-electron chi connectivity index (χ0n) is 12.6. The van der Waals surface area contributed by atoms with Crippen LogP contribution >= 0.6 is 0 Å². The molecule has 106 valence electrons. The van der Waals surface area contributed by atoms with Crippen molar-refractivity contribution in [3.05, 3.63) is 53.3 Å². The molecule has 0 saturated carbocycles. The van der Waals surface area contributed by atoms with Crippen LogP contribution in [-0.4, -0.2) is 0 Å². The smallest absolute Gasteiger partial charge is 0.125 e. The molecule has 0 aliphatic heterocycles. The fraction of sp³-hybridized carbons (Fsp3) is 0.333. The Labute approximate surface area is 120 Å². The summed E-state index contributed by atoms with van der Waals surface area (Å²) < 4.78 is 13.2. The van der Waals surface area contributed by atoms with Gasteiger partial charge in [0.2, 0.25) is 0 Å². The van der Waals surface area contributed by atoms with Gasteiger partial charge in [-0.25, -0.2) is 4.39 Å². The predicted octanol–water partition coefficient (Wildman–Crippen LogP) is 5.32. The van der Waals surface area contributed by atoms with Gasteiger partial charge >= 0.3 is 0 Å². The summed E-state index contributed by atoms with van der Waals surface area (Å²) in [7, 11) is 0. The second-order valence-electron chi connectivity index (χ2n) is 5.89. The van der Waals surface area contributed by atoms with Crippen molar-refractivity contribution in [1.29, 1.82) is 0 Å². The monoisotopic (exact) mass is 271 g/mol. The van der Waals surface area contributed by atoms with Gasteiger partial charge in [0.1, 0.15) is 5.82 Å². The summed E-state index contributed by atoms with van der Waals surface area (Å²) in [6.45, 7) is 8.71. The van der Waals surface area contributed by atoms with Gasteiger partial charge < -0.3 is 5.73 Å². The summed E-state index contributed by atoms with van der Waals surface area (Å²) in [5.74, 6) is 0.594. The van der Waals surface area contributed by atoms with Crippen molar-refractivity contribution >= 4 is 5.69 Å². The van der Waals surface area contributed by atoms with Gasteiger partial charge in [-0.2, -0.15) is 0 Å². The van der Waals surface area contributed by atoms with Crippen LogP contribution in [0.1, 0.15) is 50.7 Å². The van der Waals surface area contributed by atoms with Crippen LogP contribution < -0.4 is 5.73 Å². The van der Waals surface area contributed by atoms with Gasteiger partial charge in [0.15, 0.2) is 0 Å². The second kappa shape index (κ2) is 5.66. The molecule has 0 aliphatic rings. The molecule has 0 aromatic heterocycles. The van der Waals surface area contributed by atoms with Crippen LogP contribution in [0.15, 0.2) is 36.4 Å². The number of hydrogen-bond donors (Lipinski definition) is 1. The van der Waals surface area contributed by atoms with Gasteiger partial charge in [0, 0.05) is 11.3 Å². The summed E-state index contributed by atoms with van der Waals surface area (Å²) >= 11 is 0. The Kier molecular flexibility index (Phi) is 4.12. The third-order valence-electron chi connectivity index (χ3n) is 3.67. The van der Waals surface area contributed by atoms with Crippen molar-refractivity contribution in [2.45, 2.75) is 39.5 Å². The Balaban J connectivity index is 2.61. The first-order valence-corrected chi connectivity index (χ1v) is 7.09. The Hall–Kier alpha value is -1.83. The maximum absolute atomic E-state index is 13.2. The van der Waals surface area contributed by atoms with Crippen LogP contribution in [0.25, 0.3) is 11.1 Å². The van der Waals surface area contributed by atoms with Crippen molar-refractivity contribution in [2.24, 2.45) is 0 Å². The van der Waals surface area contributed by atoms with Crippen molar-refractivity contribution in [2.75, 3.05) is 5.73 Å². The van der Waals surface area contributed by atoms with E-state index in [2.05, 4.69) is 45.9 Å². The highest BCUT2D eigenvalue weighted by Crippen LogP contribution is 2.35. The Morgan fingerprint density at radius 2 is 1.50 bits per heavy atom. The summed E-state index contributed by atoms with van der Waals surface area (Å²) in [5.41, 5.74) is 11.1. The van der Waals surface area contributed by atoms with E-state index in [0.29, 0.717) is 17.5 Å². The molecule has 2 heteroatoms. The molecule has 0 radical (unpaired) electrons. The normalized spacial score (nSPS) is 11.3. The molecule has 0 heterocycles. The third-order valence-corrected chi connectivity index (χ3v) is 3.67. The number of anilines is 1. The van der Waals surface area contributed by atoms with Crippen LogP contribution in [-0.2, 0) is 0 Å². The van der Waals surface area contributed by atoms with E-state index in [-0.39, 0.29) is 5.82 Å². The standard InChI is InChI=1S/C18H22FN/c1-11(2)13-5-7-15(17(9-13)12(3)4)16-8-6-14(19)10-18(16)20/h5-12H,20H2,1-4H3. The van der Waals surface area contributed by atoms with E-state index < -0.39 is 0 Å². The molecule has 0 bridgehead atoms. The molecule has 2 N–H and O–H groups in total. The van der Waals surface area contributed by atoms with E-state index in [0.717, 1.165) is 11.1 Å². The summed E-state index contributed by atoms with van der Waals surface area (Å²) in [6, 6.07) is 11.1. The van der Waals surface area contributed by atoms with Crippen molar-refractivity contribution < 1.29 is 4.39 Å². The number of rotatable bonds is 3. The number of benzene rings is 2. The van der Waals surface area contributed by atoms with Crippen LogP contribution in [0, 0.1) is 5.82 Å². The molecule has 0 atom stereocenters. The average molecular weight is 271 g/mol. The fourth-order valence-electron chi connectivity index (χ4n) is 2.44. The number of nitrogens with two attached hydrogens (primary N) is 1. The fourth-order valence-corrected chi connectivity index (χ4v) is 2.44. The zero-order chi connectivity index (χ0) is 14.9. The SMILES string of the molecule is CC(C)c1ccc(-c2ccc(F)cc2N)c(C(C)C)c1. The molecular formula is C18H22FN. The topological polar surface area (TPSA) is 26.0 Å². The quantitative estimate of drug-likeness (QED) is 0.751. The van der Waals surface area contributed by atoms with E-state index in [9.17, 15) is 4.39 Å². The van der Waals surface area contributed by atoms with Crippen LogP contribution in [0.5, 0.6) is 0 Å². The Morgan fingerprint density at radius 3 is 2.05 bits per heavy atom. The minimum absolute atomic E-state index is 0.295. The molecule has 2 aromatic rings. The molecule has 20 heavy (non-hydrogen) atoms. The van der Waals surface area contributed by atoms with Crippen molar-refractivity contribution in [1.82, 2.24) is 0 Å². The highest BCUT2D eigenvalue weighted by atomic mass is 19.1. The van der Waals surface area contributed by atoms with Gasteiger partial charge in [-0.3, -0.25) is 0 Å². The summed E-state index contributed by atoms with van der Waals surface area (Å²) in [5, 5.41) is 0.